The average Bonchev–Trinajstić information content (AvgIpc) is 2.72. The number of unbranched alkanes of at least 4 members (excludes halogenated alkanes) is 11. The van der Waals surface area contributed by atoms with Gasteiger partial charge in [0.05, 0.1) is 13.0 Å². The molecule has 0 aliphatic carbocycles. The monoisotopic (exact) mass is 425 g/mol. The zero-order valence-electron chi connectivity index (χ0n) is 19.0. The third kappa shape index (κ3) is 22.4. The number of hydrogen-bond acceptors (Lipinski definition) is 4. The van der Waals surface area contributed by atoms with Crippen LogP contribution < -0.4 is 5.32 Å². The Balaban J connectivity index is 3.32. The number of carboxylic acid groups (broad SMARTS) is 1. The summed E-state index contributed by atoms with van der Waals surface area (Å²) in [5.74, 6) is -1.59. The molecule has 0 aliphatic rings. The van der Waals surface area contributed by atoms with Crippen molar-refractivity contribution in [3.63, 3.8) is 0 Å². The zero-order chi connectivity index (χ0) is 22.3. The number of aliphatic carboxylic acids is 1. The highest BCUT2D eigenvalue weighted by Crippen LogP contribution is 2.10. The van der Waals surface area contributed by atoms with Crippen LogP contribution in [0.4, 0.5) is 0 Å². The number of esters is 1. The minimum Gasteiger partial charge on any atom is -0.481 e. The van der Waals surface area contributed by atoms with Gasteiger partial charge in [-0.2, -0.15) is 0 Å². The third-order valence-electron chi connectivity index (χ3n) is 4.90. The molecule has 0 unspecified atom stereocenters. The molecule has 1 amide bonds. The Morgan fingerprint density at radius 1 is 0.767 bits per heavy atom. The van der Waals surface area contributed by atoms with Gasteiger partial charge in [-0.3, -0.25) is 14.4 Å². The number of hydrogen-bond donors (Lipinski definition) is 2. The van der Waals surface area contributed by atoms with Gasteiger partial charge in [0.15, 0.2) is 0 Å². The SMILES string of the molecule is CCCCCCCC/C=C\CCCCCCCC(=O)OCCNC(=O)CCC(=O)O. The van der Waals surface area contributed by atoms with Gasteiger partial charge in [0.2, 0.25) is 5.91 Å². The maximum Gasteiger partial charge on any atom is 0.305 e. The molecule has 0 fully saturated rings. The van der Waals surface area contributed by atoms with E-state index in [1.165, 1.54) is 57.8 Å². The van der Waals surface area contributed by atoms with Crippen molar-refractivity contribution in [1.29, 1.82) is 0 Å². The van der Waals surface area contributed by atoms with Crippen molar-refractivity contribution in [2.45, 2.75) is 110 Å². The van der Waals surface area contributed by atoms with E-state index in [1.54, 1.807) is 0 Å². The first-order valence-corrected chi connectivity index (χ1v) is 11.8. The first kappa shape index (κ1) is 28.1. The normalized spacial score (nSPS) is 11.0. The van der Waals surface area contributed by atoms with Gasteiger partial charge in [-0.1, -0.05) is 70.4 Å². The van der Waals surface area contributed by atoms with Crippen LogP contribution in [0.5, 0.6) is 0 Å². The lowest BCUT2D eigenvalue weighted by molar-refractivity contribution is -0.144. The third-order valence-corrected chi connectivity index (χ3v) is 4.90. The minimum absolute atomic E-state index is 0.0573. The van der Waals surface area contributed by atoms with Crippen molar-refractivity contribution in [1.82, 2.24) is 5.32 Å². The van der Waals surface area contributed by atoms with Gasteiger partial charge in [0, 0.05) is 12.8 Å². The highest BCUT2D eigenvalue weighted by molar-refractivity contribution is 5.80. The molecule has 0 saturated heterocycles. The predicted octanol–water partition coefficient (Wildman–Crippen LogP) is 5.55. The summed E-state index contributed by atoms with van der Waals surface area (Å²) in [5.41, 5.74) is 0. The smallest absolute Gasteiger partial charge is 0.305 e. The van der Waals surface area contributed by atoms with Crippen molar-refractivity contribution in [3.05, 3.63) is 12.2 Å². The molecule has 0 radical (unpaired) electrons. The van der Waals surface area contributed by atoms with Gasteiger partial charge in [0.25, 0.3) is 0 Å². The molecule has 0 bridgehead atoms. The summed E-state index contributed by atoms with van der Waals surface area (Å²) in [6, 6.07) is 0. The average molecular weight is 426 g/mol. The lowest BCUT2D eigenvalue weighted by atomic mass is 10.1. The van der Waals surface area contributed by atoms with E-state index in [9.17, 15) is 14.4 Å². The molecular formula is C24H43NO5. The van der Waals surface area contributed by atoms with Crippen LogP contribution in [0, 0.1) is 0 Å². The molecule has 0 aromatic carbocycles. The lowest BCUT2D eigenvalue weighted by Gasteiger charge is -2.06. The van der Waals surface area contributed by atoms with E-state index >= 15 is 0 Å². The highest BCUT2D eigenvalue weighted by atomic mass is 16.5. The molecule has 0 aliphatic heterocycles. The Labute approximate surface area is 182 Å². The Morgan fingerprint density at radius 3 is 1.93 bits per heavy atom. The molecule has 0 spiro atoms. The van der Waals surface area contributed by atoms with Crippen LogP contribution in [0.3, 0.4) is 0 Å². The maximum atomic E-state index is 11.6. The van der Waals surface area contributed by atoms with E-state index in [2.05, 4.69) is 24.4 Å². The van der Waals surface area contributed by atoms with Crippen LogP contribution in [0.2, 0.25) is 0 Å². The number of amides is 1. The molecule has 30 heavy (non-hydrogen) atoms. The summed E-state index contributed by atoms with van der Waals surface area (Å²) in [6.45, 7) is 2.60. The predicted molar refractivity (Wildman–Crippen MR) is 120 cm³/mol. The number of allylic oxidation sites excluding steroid dienone is 2. The summed E-state index contributed by atoms with van der Waals surface area (Å²) in [5, 5.41) is 11.0. The van der Waals surface area contributed by atoms with Crippen LogP contribution in [0.25, 0.3) is 0 Å². The minimum atomic E-state index is -1.00. The molecule has 0 heterocycles. The molecular weight excluding hydrogens is 382 g/mol. The number of ether oxygens (including phenoxy) is 1. The molecule has 0 aromatic heterocycles. The number of carbonyl (C=O) groups is 3. The quantitative estimate of drug-likeness (QED) is 0.143. The Bertz CT molecular complexity index is 476. The number of carbonyl (C=O) groups excluding carboxylic acids is 2. The van der Waals surface area contributed by atoms with Gasteiger partial charge in [-0.05, 0) is 32.1 Å². The maximum absolute atomic E-state index is 11.6. The van der Waals surface area contributed by atoms with Crippen molar-refractivity contribution >= 4 is 17.8 Å². The summed E-state index contributed by atoms with van der Waals surface area (Å²) < 4.78 is 5.06. The van der Waals surface area contributed by atoms with Crippen molar-refractivity contribution < 1.29 is 24.2 Å². The van der Waals surface area contributed by atoms with E-state index < -0.39 is 5.97 Å². The lowest BCUT2D eigenvalue weighted by Crippen LogP contribution is -2.28. The van der Waals surface area contributed by atoms with E-state index in [1.807, 2.05) is 0 Å². The summed E-state index contributed by atoms with van der Waals surface area (Å²) in [6.07, 6.45) is 20.7. The van der Waals surface area contributed by atoms with Crippen LogP contribution in [0.15, 0.2) is 12.2 Å². The molecule has 6 nitrogen and oxygen atoms in total. The summed E-state index contributed by atoms with van der Waals surface area (Å²) in [4.78, 5) is 33.3. The first-order valence-electron chi connectivity index (χ1n) is 11.8. The molecule has 2 N–H and O–H groups in total. The van der Waals surface area contributed by atoms with Gasteiger partial charge in [-0.25, -0.2) is 0 Å². The van der Waals surface area contributed by atoms with E-state index in [-0.39, 0.29) is 37.9 Å². The van der Waals surface area contributed by atoms with Crippen LogP contribution >= 0.6 is 0 Å². The fourth-order valence-electron chi connectivity index (χ4n) is 3.08. The molecule has 174 valence electrons. The molecule has 0 rings (SSSR count). The van der Waals surface area contributed by atoms with E-state index in [4.69, 9.17) is 9.84 Å². The standard InChI is InChI=1S/C24H43NO5/c1-2-3-4-5-6-7-8-9-10-11-12-13-14-15-16-17-24(29)30-21-20-25-22(26)18-19-23(27)28/h9-10H,2-8,11-21H2,1H3,(H,25,26)(H,27,28)/b10-9-. The molecule has 0 saturated carbocycles. The van der Waals surface area contributed by atoms with Crippen LogP contribution in [-0.4, -0.2) is 36.1 Å². The van der Waals surface area contributed by atoms with Crippen LogP contribution in [0.1, 0.15) is 110 Å². The summed E-state index contributed by atoms with van der Waals surface area (Å²) >= 11 is 0. The Hall–Kier alpha value is -1.85. The van der Waals surface area contributed by atoms with E-state index in [0.29, 0.717) is 6.42 Å². The van der Waals surface area contributed by atoms with E-state index in [0.717, 1.165) is 25.7 Å². The Kier molecular flexibility index (Phi) is 20.5. The second-order valence-electron chi connectivity index (χ2n) is 7.80. The number of carboxylic acids is 1. The van der Waals surface area contributed by atoms with Crippen molar-refractivity contribution in [2.24, 2.45) is 0 Å². The second kappa shape index (κ2) is 21.8. The molecule has 0 atom stereocenters. The van der Waals surface area contributed by atoms with Gasteiger partial charge < -0.3 is 15.2 Å². The first-order chi connectivity index (χ1) is 14.6. The fourth-order valence-corrected chi connectivity index (χ4v) is 3.08. The molecule has 6 heteroatoms. The zero-order valence-corrected chi connectivity index (χ0v) is 19.0. The van der Waals surface area contributed by atoms with Gasteiger partial charge >= 0.3 is 11.9 Å². The fraction of sp³-hybridized carbons (Fsp3) is 0.792. The van der Waals surface area contributed by atoms with Crippen molar-refractivity contribution in [3.8, 4) is 0 Å². The molecule has 0 aromatic rings. The van der Waals surface area contributed by atoms with Crippen molar-refractivity contribution in [2.75, 3.05) is 13.2 Å². The largest absolute Gasteiger partial charge is 0.481 e. The number of rotatable bonds is 21. The van der Waals surface area contributed by atoms with Gasteiger partial charge in [0.1, 0.15) is 6.61 Å². The highest BCUT2D eigenvalue weighted by Gasteiger charge is 2.06. The Morgan fingerprint density at radius 2 is 1.33 bits per heavy atom. The second-order valence-corrected chi connectivity index (χ2v) is 7.80. The van der Waals surface area contributed by atoms with Gasteiger partial charge in [-0.15, -0.1) is 0 Å². The van der Waals surface area contributed by atoms with Crippen LogP contribution in [-0.2, 0) is 19.1 Å². The topological polar surface area (TPSA) is 92.7 Å². The summed E-state index contributed by atoms with van der Waals surface area (Å²) in [7, 11) is 0. The number of nitrogens with one attached hydrogen (secondary N) is 1.